The summed E-state index contributed by atoms with van der Waals surface area (Å²) in [6, 6.07) is 3.21. The number of nitrogens with zero attached hydrogens (tertiary/aromatic N) is 2. The van der Waals surface area contributed by atoms with Crippen LogP contribution < -0.4 is 4.74 Å². The molecule has 0 unspecified atom stereocenters. The molecule has 0 aliphatic heterocycles. The lowest BCUT2D eigenvalue weighted by Crippen LogP contribution is -2.13. The van der Waals surface area contributed by atoms with E-state index in [2.05, 4.69) is 9.97 Å². The van der Waals surface area contributed by atoms with Crippen LogP contribution in [0.2, 0.25) is 0 Å². The molecular weight excluding hydrogens is 264 g/mol. The van der Waals surface area contributed by atoms with E-state index in [1.165, 1.54) is 13.4 Å². The number of aldehydes is 1. The summed E-state index contributed by atoms with van der Waals surface area (Å²) in [5.41, 5.74) is 0.00157. The summed E-state index contributed by atoms with van der Waals surface area (Å²) >= 11 is 0. The number of rotatable bonds is 5. The Labute approximate surface area is 114 Å². The lowest BCUT2D eigenvalue weighted by atomic mass is 10.1. The SMILES string of the molecule is CCOC(=O)c1c(C=O)nc(OC)nc1-c1ccco1. The molecule has 7 nitrogen and oxygen atoms in total. The first kappa shape index (κ1) is 13.7. The molecule has 0 spiro atoms. The molecule has 0 amide bonds. The average molecular weight is 276 g/mol. The Bertz CT molecular complexity index is 622. The highest BCUT2D eigenvalue weighted by Gasteiger charge is 2.24. The van der Waals surface area contributed by atoms with E-state index in [9.17, 15) is 9.59 Å². The van der Waals surface area contributed by atoms with Gasteiger partial charge in [0.05, 0.1) is 20.0 Å². The minimum Gasteiger partial charge on any atom is -0.467 e. The van der Waals surface area contributed by atoms with Crippen LogP contribution in [-0.2, 0) is 4.74 Å². The second-order valence-electron chi connectivity index (χ2n) is 3.63. The predicted octanol–water partition coefficient (Wildman–Crippen LogP) is 1.73. The zero-order valence-corrected chi connectivity index (χ0v) is 11.0. The van der Waals surface area contributed by atoms with E-state index in [-0.39, 0.29) is 29.6 Å². The van der Waals surface area contributed by atoms with E-state index in [4.69, 9.17) is 13.9 Å². The van der Waals surface area contributed by atoms with Crippen LogP contribution in [0.25, 0.3) is 11.5 Å². The molecule has 0 radical (unpaired) electrons. The Morgan fingerprint density at radius 1 is 1.45 bits per heavy atom. The lowest BCUT2D eigenvalue weighted by molar-refractivity contribution is 0.0523. The monoisotopic (exact) mass is 276 g/mol. The summed E-state index contributed by atoms with van der Waals surface area (Å²) in [5.74, 6) is -0.375. The molecule has 7 heteroatoms. The Hall–Kier alpha value is -2.70. The largest absolute Gasteiger partial charge is 0.467 e. The Balaban J connectivity index is 2.67. The van der Waals surface area contributed by atoms with Gasteiger partial charge in [-0.1, -0.05) is 0 Å². The van der Waals surface area contributed by atoms with Crippen molar-refractivity contribution in [3.05, 3.63) is 29.7 Å². The van der Waals surface area contributed by atoms with Crippen LogP contribution in [0.5, 0.6) is 6.01 Å². The van der Waals surface area contributed by atoms with Crippen LogP contribution in [0.15, 0.2) is 22.8 Å². The summed E-state index contributed by atoms with van der Waals surface area (Å²) < 4.78 is 15.1. The molecule has 20 heavy (non-hydrogen) atoms. The van der Waals surface area contributed by atoms with E-state index in [0.717, 1.165) is 0 Å². The first-order valence-corrected chi connectivity index (χ1v) is 5.83. The van der Waals surface area contributed by atoms with Gasteiger partial charge in [0.25, 0.3) is 0 Å². The van der Waals surface area contributed by atoms with Crippen molar-refractivity contribution in [2.45, 2.75) is 6.92 Å². The molecule has 0 saturated heterocycles. The number of ether oxygens (including phenoxy) is 2. The third-order valence-corrected chi connectivity index (χ3v) is 2.44. The van der Waals surface area contributed by atoms with E-state index in [1.54, 1.807) is 19.1 Å². The molecule has 0 aliphatic carbocycles. The van der Waals surface area contributed by atoms with Gasteiger partial charge in [0.2, 0.25) is 0 Å². The molecule has 0 bridgehead atoms. The Kier molecular flexibility index (Phi) is 4.09. The van der Waals surface area contributed by atoms with E-state index >= 15 is 0 Å². The van der Waals surface area contributed by atoms with Gasteiger partial charge < -0.3 is 13.9 Å². The number of furan rings is 1. The summed E-state index contributed by atoms with van der Waals surface area (Å²) in [4.78, 5) is 31.0. The molecule has 2 aromatic rings. The zero-order chi connectivity index (χ0) is 14.5. The predicted molar refractivity (Wildman–Crippen MR) is 67.6 cm³/mol. The van der Waals surface area contributed by atoms with Crippen LogP contribution in [-0.4, -0.2) is 35.9 Å². The third kappa shape index (κ3) is 2.51. The maximum absolute atomic E-state index is 12.0. The molecular formula is C13H12N2O5. The topological polar surface area (TPSA) is 91.5 Å². The van der Waals surface area contributed by atoms with Gasteiger partial charge in [-0.05, 0) is 19.1 Å². The number of hydrogen-bond donors (Lipinski definition) is 0. The standard InChI is InChI=1S/C13H12N2O5/c1-3-19-12(17)10-8(7-16)14-13(18-2)15-11(10)9-5-4-6-20-9/h4-7H,3H2,1-2H3. The van der Waals surface area contributed by atoms with Crippen molar-refractivity contribution in [1.29, 1.82) is 0 Å². The van der Waals surface area contributed by atoms with Crippen LogP contribution in [0, 0.1) is 0 Å². The van der Waals surface area contributed by atoms with Gasteiger partial charge >= 0.3 is 12.0 Å². The molecule has 0 saturated carbocycles. The van der Waals surface area contributed by atoms with Crippen molar-refractivity contribution in [3.8, 4) is 17.5 Å². The minimum absolute atomic E-state index is 0.0356. The molecule has 2 rings (SSSR count). The molecule has 104 valence electrons. The van der Waals surface area contributed by atoms with Gasteiger partial charge in [0.15, 0.2) is 12.0 Å². The number of carbonyl (C=O) groups is 2. The molecule has 0 fully saturated rings. The molecule has 2 aromatic heterocycles. The van der Waals surface area contributed by atoms with Gasteiger partial charge in [-0.15, -0.1) is 0 Å². The fourth-order valence-electron chi connectivity index (χ4n) is 1.63. The average Bonchev–Trinajstić information content (AvgIpc) is 3.00. The normalized spacial score (nSPS) is 10.1. The van der Waals surface area contributed by atoms with Crippen molar-refractivity contribution >= 4 is 12.3 Å². The summed E-state index contributed by atoms with van der Waals surface area (Å²) in [6.45, 7) is 1.83. The smallest absolute Gasteiger partial charge is 0.342 e. The van der Waals surface area contributed by atoms with Gasteiger partial charge in [0, 0.05) is 0 Å². The number of carbonyl (C=O) groups excluding carboxylic acids is 2. The van der Waals surface area contributed by atoms with E-state index in [0.29, 0.717) is 12.0 Å². The van der Waals surface area contributed by atoms with Crippen molar-refractivity contribution in [2.24, 2.45) is 0 Å². The van der Waals surface area contributed by atoms with E-state index in [1.807, 2.05) is 0 Å². The second kappa shape index (κ2) is 5.96. The summed E-state index contributed by atoms with van der Waals surface area (Å²) in [7, 11) is 1.36. The van der Waals surface area contributed by atoms with Crippen LogP contribution in [0.3, 0.4) is 0 Å². The Morgan fingerprint density at radius 2 is 2.25 bits per heavy atom. The highest BCUT2D eigenvalue weighted by atomic mass is 16.5. The highest BCUT2D eigenvalue weighted by molar-refractivity contribution is 6.02. The summed E-state index contributed by atoms with van der Waals surface area (Å²) in [5, 5.41) is 0. The van der Waals surface area contributed by atoms with Crippen molar-refractivity contribution in [2.75, 3.05) is 13.7 Å². The first-order chi connectivity index (χ1) is 9.71. The first-order valence-electron chi connectivity index (χ1n) is 5.83. The quantitative estimate of drug-likeness (QED) is 0.606. The molecule has 2 heterocycles. The lowest BCUT2D eigenvalue weighted by Gasteiger charge is -2.09. The second-order valence-corrected chi connectivity index (χ2v) is 3.63. The van der Waals surface area contributed by atoms with Gasteiger partial charge in [-0.3, -0.25) is 4.79 Å². The van der Waals surface area contributed by atoms with Crippen LogP contribution in [0.1, 0.15) is 27.8 Å². The Morgan fingerprint density at radius 3 is 2.80 bits per heavy atom. The molecule has 0 aromatic carbocycles. The van der Waals surface area contributed by atoms with Crippen molar-refractivity contribution < 1.29 is 23.5 Å². The number of hydrogen-bond acceptors (Lipinski definition) is 7. The maximum atomic E-state index is 12.0. The maximum Gasteiger partial charge on any atom is 0.342 e. The number of methoxy groups -OCH3 is 1. The highest BCUT2D eigenvalue weighted by Crippen LogP contribution is 2.26. The van der Waals surface area contributed by atoms with Gasteiger partial charge in [-0.25, -0.2) is 4.79 Å². The van der Waals surface area contributed by atoms with E-state index < -0.39 is 5.97 Å². The van der Waals surface area contributed by atoms with Crippen LogP contribution >= 0.6 is 0 Å². The molecule has 0 atom stereocenters. The number of aromatic nitrogens is 2. The summed E-state index contributed by atoms with van der Waals surface area (Å²) in [6.07, 6.45) is 1.88. The fraction of sp³-hybridized carbons (Fsp3) is 0.231. The molecule has 0 aliphatic rings. The number of esters is 1. The van der Waals surface area contributed by atoms with Crippen LogP contribution in [0.4, 0.5) is 0 Å². The van der Waals surface area contributed by atoms with Crippen molar-refractivity contribution in [3.63, 3.8) is 0 Å². The molecule has 0 N–H and O–H groups in total. The fourth-order valence-corrected chi connectivity index (χ4v) is 1.63. The van der Waals surface area contributed by atoms with Crippen molar-refractivity contribution in [1.82, 2.24) is 9.97 Å². The zero-order valence-electron chi connectivity index (χ0n) is 11.0. The van der Waals surface area contributed by atoms with Gasteiger partial charge in [0.1, 0.15) is 17.0 Å². The minimum atomic E-state index is -0.691. The third-order valence-electron chi connectivity index (χ3n) is 2.44. The van der Waals surface area contributed by atoms with Gasteiger partial charge in [-0.2, -0.15) is 9.97 Å².